The summed E-state index contributed by atoms with van der Waals surface area (Å²) < 4.78 is 43.5. The van der Waals surface area contributed by atoms with Crippen molar-refractivity contribution in [2.75, 3.05) is 0 Å². The monoisotopic (exact) mass is 399 g/mol. The van der Waals surface area contributed by atoms with Gasteiger partial charge in [0.05, 0.1) is 22.6 Å². The molecule has 0 amide bonds. The largest absolute Gasteiger partial charge is 0.307 e. The molecule has 0 aliphatic rings. The van der Waals surface area contributed by atoms with Crippen LogP contribution in [0.25, 0.3) is 21.8 Å². The van der Waals surface area contributed by atoms with Crippen LogP contribution in [0.2, 0.25) is 0 Å². The lowest BCUT2D eigenvalue weighted by Gasteiger charge is -2.12. The van der Waals surface area contributed by atoms with E-state index in [4.69, 9.17) is 0 Å². The Hall–Kier alpha value is -3.42. The molecule has 4 rings (SSSR count). The van der Waals surface area contributed by atoms with Crippen LogP contribution in [-0.2, 0) is 24.8 Å². The van der Waals surface area contributed by atoms with Crippen molar-refractivity contribution in [1.82, 2.24) is 14.3 Å². The molecule has 0 saturated heterocycles. The number of aromatic nitrogens is 3. The molecule has 2 heterocycles. The molecule has 4 aromatic rings. The van der Waals surface area contributed by atoms with Gasteiger partial charge in [-0.2, -0.15) is 5.10 Å². The summed E-state index contributed by atoms with van der Waals surface area (Å²) in [6, 6.07) is 7.11. The molecule has 0 radical (unpaired) electrons. The second-order valence-corrected chi connectivity index (χ2v) is 6.85. The van der Waals surface area contributed by atoms with Crippen LogP contribution >= 0.6 is 0 Å². The molecular formula is C21H16F3N3O2. The lowest BCUT2D eigenvalue weighted by Crippen LogP contribution is -2.22. The number of rotatable bonds is 5. The van der Waals surface area contributed by atoms with Crippen molar-refractivity contribution in [3.63, 3.8) is 0 Å². The maximum absolute atomic E-state index is 13.8. The molecule has 0 aliphatic heterocycles. The number of nitrogens with zero attached hydrogens (tertiary/aromatic N) is 3. The van der Waals surface area contributed by atoms with Crippen LogP contribution in [0.4, 0.5) is 13.2 Å². The van der Waals surface area contributed by atoms with E-state index >= 15 is 0 Å². The Bertz CT molecular complexity index is 1320. The van der Waals surface area contributed by atoms with Crippen LogP contribution in [-0.4, -0.2) is 20.1 Å². The first-order chi connectivity index (χ1) is 13.8. The molecule has 0 atom stereocenters. The number of benzene rings is 2. The summed E-state index contributed by atoms with van der Waals surface area (Å²) in [4.78, 5) is 25.2. The van der Waals surface area contributed by atoms with Crippen LogP contribution in [0.15, 0.2) is 47.4 Å². The average Bonchev–Trinajstić information content (AvgIpc) is 3.06. The number of carbonyl (C=O) groups excluding carboxylic acids is 1. The van der Waals surface area contributed by atoms with Gasteiger partial charge in [0.15, 0.2) is 0 Å². The molecule has 0 aliphatic carbocycles. The highest BCUT2D eigenvalue weighted by atomic mass is 19.1. The van der Waals surface area contributed by atoms with Crippen molar-refractivity contribution in [1.29, 1.82) is 0 Å². The number of Topliss-reactive ketones (excluding diaryl/α,β-unsaturated/α-hetero) is 1. The van der Waals surface area contributed by atoms with Crippen LogP contribution in [0.5, 0.6) is 0 Å². The van der Waals surface area contributed by atoms with Gasteiger partial charge in [-0.25, -0.2) is 13.2 Å². The van der Waals surface area contributed by atoms with Crippen LogP contribution in [0.1, 0.15) is 12.0 Å². The smallest absolute Gasteiger partial charge is 0.262 e. The summed E-state index contributed by atoms with van der Waals surface area (Å²) >= 11 is 0. The van der Waals surface area contributed by atoms with Gasteiger partial charge in [0.2, 0.25) is 0 Å². The van der Waals surface area contributed by atoms with Gasteiger partial charge >= 0.3 is 0 Å². The third kappa shape index (κ3) is 3.41. The van der Waals surface area contributed by atoms with Gasteiger partial charge in [-0.1, -0.05) is 6.07 Å². The van der Waals surface area contributed by atoms with Crippen molar-refractivity contribution in [2.24, 2.45) is 7.05 Å². The summed E-state index contributed by atoms with van der Waals surface area (Å²) in [6.45, 7) is 0.0491. The van der Waals surface area contributed by atoms with Crippen molar-refractivity contribution in [2.45, 2.75) is 19.4 Å². The van der Waals surface area contributed by atoms with Crippen LogP contribution < -0.4 is 5.56 Å². The zero-order chi connectivity index (χ0) is 20.7. The highest BCUT2D eigenvalue weighted by Gasteiger charge is 2.16. The molecule has 0 bridgehead atoms. The number of ketones is 1. The van der Waals surface area contributed by atoms with E-state index in [1.807, 2.05) is 0 Å². The highest BCUT2D eigenvalue weighted by molar-refractivity contribution is 6.03. The first-order valence-electron chi connectivity index (χ1n) is 8.94. The van der Waals surface area contributed by atoms with Gasteiger partial charge in [-0.3, -0.25) is 14.3 Å². The van der Waals surface area contributed by atoms with E-state index in [-0.39, 0.29) is 36.3 Å². The molecule has 5 nitrogen and oxygen atoms in total. The highest BCUT2D eigenvalue weighted by Crippen LogP contribution is 2.23. The standard InChI is InChI=1S/C21H16F3N3O2/c1-26-20-16-9-13(22)4-5-19(16)27(21(29)17(20)11-25-26)7-6-15(28)8-12-2-3-14(23)10-18(12)24/h2-5,9-11H,6-8H2,1H3. The summed E-state index contributed by atoms with van der Waals surface area (Å²) in [7, 11) is 1.66. The number of fused-ring (bicyclic) bond motifs is 3. The Balaban J connectivity index is 1.68. The minimum atomic E-state index is -0.784. The van der Waals surface area contributed by atoms with Crippen LogP contribution in [0.3, 0.4) is 0 Å². The summed E-state index contributed by atoms with van der Waals surface area (Å²) in [5.74, 6) is -2.25. The molecule has 0 fully saturated rings. The third-order valence-electron chi connectivity index (χ3n) is 4.94. The second kappa shape index (κ2) is 7.20. The number of halogens is 3. The molecule has 0 saturated carbocycles. The van der Waals surface area contributed by atoms with Crippen molar-refractivity contribution in [3.8, 4) is 0 Å². The summed E-state index contributed by atoms with van der Waals surface area (Å²) in [6.07, 6.45) is 1.17. The first kappa shape index (κ1) is 18.9. The summed E-state index contributed by atoms with van der Waals surface area (Å²) in [5.41, 5.74) is 0.750. The Morgan fingerprint density at radius 1 is 1.03 bits per heavy atom. The normalized spacial score (nSPS) is 11.4. The molecule has 0 unspecified atom stereocenters. The van der Waals surface area contributed by atoms with Gasteiger partial charge in [0.1, 0.15) is 23.2 Å². The topological polar surface area (TPSA) is 56.9 Å². The average molecular weight is 399 g/mol. The molecule has 0 spiro atoms. The lowest BCUT2D eigenvalue weighted by atomic mass is 10.1. The van der Waals surface area contributed by atoms with Crippen molar-refractivity contribution in [3.05, 3.63) is 76.0 Å². The fourth-order valence-electron chi connectivity index (χ4n) is 3.53. The van der Waals surface area contributed by atoms with Gasteiger partial charge in [-0.15, -0.1) is 0 Å². The van der Waals surface area contributed by atoms with E-state index in [1.165, 1.54) is 39.7 Å². The zero-order valence-corrected chi connectivity index (χ0v) is 15.5. The molecule has 2 aromatic heterocycles. The number of hydrogen-bond acceptors (Lipinski definition) is 3. The maximum Gasteiger partial charge on any atom is 0.262 e. The number of aryl methyl sites for hydroxylation is 2. The van der Waals surface area contributed by atoms with Crippen molar-refractivity contribution >= 4 is 27.6 Å². The maximum atomic E-state index is 13.8. The molecule has 0 N–H and O–H groups in total. The molecule has 148 valence electrons. The van der Waals surface area contributed by atoms with E-state index in [9.17, 15) is 22.8 Å². The third-order valence-corrected chi connectivity index (χ3v) is 4.94. The summed E-state index contributed by atoms with van der Waals surface area (Å²) in [5, 5.41) is 4.92. The number of pyridine rings is 1. The fourth-order valence-corrected chi connectivity index (χ4v) is 3.53. The fraction of sp³-hybridized carbons (Fsp3) is 0.190. The molecular weight excluding hydrogens is 383 g/mol. The van der Waals surface area contributed by atoms with Gasteiger partial charge < -0.3 is 4.57 Å². The predicted molar refractivity (Wildman–Crippen MR) is 102 cm³/mol. The van der Waals surface area contributed by atoms with E-state index in [1.54, 1.807) is 7.05 Å². The molecule has 29 heavy (non-hydrogen) atoms. The zero-order valence-electron chi connectivity index (χ0n) is 15.5. The molecule has 8 heteroatoms. The van der Waals surface area contributed by atoms with Crippen LogP contribution in [0, 0.1) is 17.5 Å². The predicted octanol–water partition coefficient (Wildman–Crippen LogP) is 3.51. The Morgan fingerprint density at radius 3 is 2.52 bits per heavy atom. The minimum absolute atomic E-state index is 0.0328. The van der Waals surface area contributed by atoms with Gasteiger partial charge in [0, 0.05) is 37.9 Å². The van der Waals surface area contributed by atoms with E-state index in [2.05, 4.69) is 5.10 Å². The lowest BCUT2D eigenvalue weighted by molar-refractivity contribution is -0.118. The van der Waals surface area contributed by atoms with E-state index < -0.39 is 17.5 Å². The SMILES string of the molecule is Cn1ncc2c(=O)n(CCC(=O)Cc3ccc(F)cc3F)c3ccc(F)cc3c21. The number of carbonyl (C=O) groups is 1. The second-order valence-electron chi connectivity index (χ2n) is 6.85. The Labute approximate surface area is 163 Å². The quantitative estimate of drug-likeness (QED) is 0.516. The van der Waals surface area contributed by atoms with E-state index in [0.717, 1.165) is 12.1 Å². The first-order valence-corrected chi connectivity index (χ1v) is 8.94. The van der Waals surface area contributed by atoms with Gasteiger partial charge in [0.25, 0.3) is 5.56 Å². The van der Waals surface area contributed by atoms with E-state index in [0.29, 0.717) is 21.8 Å². The van der Waals surface area contributed by atoms with Crippen molar-refractivity contribution < 1.29 is 18.0 Å². The Morgan fingerprint density at radius 2 is 1.76 bits per heavy atom. The Kier molecular flexibility index (Phi) is 4.70. The molecule has 2 aromatic carbocycles. The van der Waals surface area contributed by atoms with Gasteiger partial charge in [-0.05, 0) is 29.8 Å². The number of hydrogen-bond donors (Lipinski definition) is 0. The minimum Gasteiger partial charge on any atom is -0.307 e.